The second-order valence-electron chi connectivity index (χ2n) is 4.94. The molecule has 1 aliphatic heterocycles. The maximum Gasteiger partial charge on any atom is 0.337 e. The summed E-state index contributed by atoms with van der Waals surface area (Å²) in [5.74, 6) is -0.702. The SMILES string of the molecule is COC(=O)c1ccc(N2CCc3ccc(F)cc32)c(N)c1. The van der Waals surface area contributed by atoms with E-state index in [4.69, 9.17) is 5.73 Å². The van der Waals surface area contributed by atoms with E-state index in [0.717, 1.165) is 29.9 Å². The van der Waals surface area contributed by atoms with Crippen LogP contribution in [0.1, 0.15) is 15.9 Å². The van der Waals surface area contributed by atoms with Gasteiger partial charge in [0.15, 0.2) is 0 Å². The van der Waals surface area contributed by atoms with Crippen molar-refractivity contribution in [3.05, 3.63) is 53.3 Å². The molecule has 2 aromatic rings. The molecule has 2 aromatic carbocycles. The molecule has 2 N–H and O–H groups in total. The molecule has 0 spiro atoms. The summed E-state index contributed by atoms with van der Waals surface area (Å²) in [5.41, 5.74) is 9.60. The summed E-state index contributed by atoms with van der Waals surface area (Å²) >= 11 is 0. The zero-order valence-corrected chi connectivity index (χ0v) is 11.6. The summed E-state index contributed by atoms with van der Waals surface area (Å²) in [6, 6.07) is 9.78. The Bertz CT molecular complexity index is 715. The van der Waals surface area contributed by atoms with Crippen LogP contribution in [0, 0.1) is 5.82 Å². The maximum atomic E-state index is 13.4. The van der Waals surface area contributed by atoms with Crippen molar-refractivity contribution in [3.8, 4) is 0 Å². The number of carbonyl (C=O) groups excluding carboxylic acids is 1. The predicted octanol–water partition coefficient (Wildman–Crippen LogP) is 2.89. The van der Waals surface area contributed by atoms with E-state index in [-0.39, 0.29) is 5.82 Å². The van der Waals surface area contributed by atoms with Crippen LogP contribution >= 0.6 is 0 Å². The highest BCUT2D eigenvalue weighted by Gasteiger charge is 2.23. The Morgan fingerprint density at radius 1 is 1.24 bits per heavy atom. The Morgan fingerprint density at radius 3 is 2.76 bits per heavy atom. The highest BCUT2D eigenvalue weighted by Crippen LogP contribution is 2.38. The molecule has 5 heteroatoms. The van der Waals surface area contributed by atoms with Gasteiger partial charge in [-0.25, -0.2) is 9.18 Å². The minimum atomic E-state index is -0.430. The highest BCUT2D eigenvalue weighted by molar-refractivity contribution is 5.92. The van der Waals surface area contributed by atoms with Gasteiger partial charge in [-0.15, -0.1) is 0 Å². The van der Waals surface area contributed by atoms with Gasteiger partial charge in [0.05, 0.1) is 24.0 Å². The Morgan fingerprint density at radius 2 is 2.05 bits per heavy atom. The fraction of sp³-hybridized carbons (Fsp3) is 0.188. The topological polar surface area (TPSA) is 55.6 Å². The van der Waals surface area contributed by atoms with Crippen molar-refractivity contribution in [2.75, 3.05) is 24.3 Å². The first-order valence-electron chi connectivity index (χ1n) is 6.64. The summed E-state index contributed by atoms with van der Waals surface area (Å²) in [7, 11) is 1.33. The normalized spacial score (nSPS) is 13.1. The number of rotatable bonds is 2. The molecule has 0 unspecified atom stereocenters. The first-order valence-corrected chi connectivity index (χ1v) is 6.64. The standard InChI is InChI=1S/C16H15FN2O2/c1-21-16(20)11-3-5-14(13(18)8-11)19-7-6-10-2-4-12(17)9-15(10)19/h2-5,8-9H,6-7,18H2,1H3. The minimum Gasteiger partial charge on any atom is -0.465 e. The Kier molecular flexibility index (Phi) is 3.25. The molecule has 0 radical (unpaired) electrons. The number of ether oxygens (including phenoxy) is 1. The number of fused-ring (bicyclic) bond motifs is 1. The van der Waals surface area contributed by atoms with Crippen molar-refractivity contribution in [3.63, 3.8) is 0 Å². The highest BCUT2D eigenvalue weighted by atomic mass is 19.1. The summed E-state index contributed by atoms with van der Waals surface area (Å²) in [6.45, 7) is 0.737. The Hall–Kier alpha value is -2.56. The zero-order valence-electron chi connectivity index (χ0n) is 11.6. The van der Waals surface area contributed by atoms with Crippen LogP contribution in [0.4, 0.5) is 21.5 Å². The largest absolute Gasteiger partial charge is 0.465 e. The molecule has 1 heterocycles. The van der Waals surface area contributed by atoms with Crippen molar-refractivity contribution < 1.29 is 13.9 Å². The van der Waals surface area contributed by atoms with Gasteiger partial charge in [-0.1, -0.05) is 6.07 Å². The third-order valence-electron chi connectivity index (χ3n) is 3.68. The van der Waals surface area contributed by atoms with Crippen LogP contribution in [0.5, 0.6) is 0 Å². The predicted molar refractivity (Wildman–Crippen MR) is 79.3 cm³/mol. The zero-order chi connectivity index (χ0) is 15.0. The number of anilines is 3. The molecule has 108 valence electrons. The number of benzene rings is 2. The molecule has 0 bridgehead atoms. The van der Waals surface area contributed by atoms with E-state index in [1.165, 1.54) is 19.2 Å². The van der Waals surface area contributed by atoms with Gasteiger partial charge >= 0.3 is 5.97 Å². The van der Waals surface area contributed by atoms with Crippen LogP contribution < -0.4 is 10.6 Å². The molecule has 1 aliphatic rings. The number of hydrogen-bond acceptors (Lipinski definition) is 4. The number of nitrogens with zero attached hydrogens (tertiary/aromatic N) is 1. The van der Waals surface area contributed by atoms with Crippen LogP contribution in [0.15, 0.2) is 36.4 Å². The number of halogens is 1. The number of esters is 1. The lowest BCUT2D eigenvalue weighted by molar-refractivity contribution is 0.0601. The molecular weight excluding hydrogens is 271 g/mol. The van der Waals surface area contributed by atoms with E-state index >= 15 is 0 Å². The molecule has 4 nitrogen and oxygen atoms in total. The van der Waals surface area contributed by atoms with E-state index < -0.39 is 5.97 Å². The van der Waals surface area contributed by atoms with Gasteiger partial charge in [0, 0.05) is 12.2 Å². The molecule has 0 fully saturated rings. The number of nitrogen functional groups attached to an aromatic ring is 1. The fourth-order valence-electron chi connectivity index (χ4n) is 2.65. The van der Waals surface area contributed by atoms with E-state index in [0.29, 0.717) is 11.3 Å². The van der Waals surface area contributed by atoms with Crippen LogP contribution in [-0.4, -0.2) is 19.6 Å². The molecule has 3 rings (SSSR count). The van der Waals surface area contributed by atoms with Crippen molar-refractivity contribution in [1.29, 1.82) is 0 Å². The second-order valence-corrected chi connectivity index (χ2v) is 4.94. The van der Waals surface area contributed by atoms with Crippen molar-refractivity contribution in [1.82, 2.24) is 0 Å². The van der Waals surface area contributed by atoms with Gasteiger partial charge in [-0.3, -0.25) is 0 Å². The van der Waals surface area contributed by atoms with E-state index in [1.54, 1.807) is 24.3 Å². The molecule has 0 aliphatic carbocycles. The Labute approximate surface area is 121 Å². The number of methoxy groups -OCH3 is 1. The first-order chi connectivity index (χ1) is 10.1. The monoisotopic (exact) mass is 286 g/mol. The van der Waals surface area contributed by atoms with Crippen LogP contribution in [0.2, 0.25) is 0 Å². The van der Waals surface area contributed by atoms with E-state index in [1.807, 2.05) is 4.90 Å². The van der Waals surface area contributed by atoms with Crippen molar-refractivity contribution in [2.24, 2.45) is 0 Å². The summed E-state index contributed by atoms with van der Waals surface area (Å²) in [5, 5.41) is 0. The first kappa shape index (κ1) is 13.4. The number of carbonyl (C=O) groups is 1. The smallest absolute Gasteiger partial charge is 0.337 e. The van der Waals surface area contributed by atoms with Gasteiger partial charge in [0.25, 0.3) is 0 Å². The molecule has 0 atom stereocenters. The number of hydrogen-bond donors (Lipinski definition) is 1. The average molecular weight is 286 g/mol. The summed E-state index contributed by atoms with van der Waals surface area (Å²) in [6.07, 6.45) is 0.841. The summed E-state index contributed by atoms with van der Waals surface area (Å²) < 4.78 is 18.1. The third kappa shape index (κ3) is 2.31. The molecule has 0 saturated heterocycles. The van der Waals surface area contributed by atoms with E-state index in [9.17, 15) is 9.18 Å². The van der Waals surface area contributed by atoms with Crippen molar-refractivity contribution >= 4 is 23.0 Å². The molecule has 0 saturated carbocycles. The second kappa shape index (κ2) is 5.09. The van der Waals surface area contributed by atoms with Crippen LogP contribution in [0.3, 0.4) is 0 Å². The van der Waals surface area contributed by atoms with Gasteiger partial charge in [-0.2, -0.15) is 0 Å². The molecule has 0 amide bonds. The van der Waals surface area contributed by atoms with Gasteiger partial charge in [-0.05, 0) is 42.3 Å². The fourth-order valence-corrected chi connectivity index (χ4v) is 2.65. The van der Waals surface area contributed by atoms with Gasteiger partial charge < -0.3 is 15.4 Å². The maximum absolute atomic E-state index is 13.4. The Balaban J connectivity index is 2.00. The molecule has 0 aromatic heterocycles. The quantitative estimate of drug-likeness (QED) is 0.681. The van der Waals surface area contributed by atoms with Gasteiger partial charge in [0.1, 0.15) is 5.82 Å². The molecular formula is C16H15FN2O2. The van der Waals surface area contributed by atoms with Crippen LogP contribution in [-0.2, 0) is 11.2 Å². The lowest BCUT2D eigenvalue weighted by Crippen LogP contribution is -2.15. The third-order valence-corrected chi connectivity index (χ3v) is 3.68. The average Bonchev–Trinajstić information content (AvgIpc) is 2.89. The molecule has 21 heavy (non-hydrogen) atoms. The lowest BCUT2D eigenvalue weighted by atomic mass is 10.1. The number of nitrogens with two attached hydrogens (primary N) is 1. The lowest BCUT2D eigenvalue weighted by Gasteiger charge is -2.21. The summed E-state index contributed by atoms with van der Waals surface area (Å²) in [4.78, 5) is 13.5. The minimum absolute atomic E-state index is 0.273. The van der Waals surface area contributed by atoms with E-state index in [2.05, 4.69) is 4.74 Å². The van der Waals surface area contributed by atoms with Crippen molar-refractivity contribution in [2.45, 2.75) is 6.42 Å². The van der Waals surface area contributed by atoms with Crippen LogP contribution in [0.25, 0.3) is 0 Å². The van der Waals surface area contributed by atoms with Gasteiger partial charge in [0.2, 0.25) is 0 Å².